The number of rotatable bonds is 3. The van der Waals surface area contributed by atoms with Crippen LogP contribution >= 0.6 is 0 Å². The lowest BCUT2D eigenvalue weighted by Gasteiger charge is -2.10. The monoisotopic (exact) mass is 324 g/mol. The van der Waals surface area contributed by atoms with Crippen molar-refractivity contribution in [2.45, 2.75) is 26.6 Å². The highest BCUT2D eigenvalue weighted by molar-refractivity contribution is 5.91. The van der Waals surface area contributed by atoms with Gasteiger partial charge in [0.1, 0.15) is 5.56 Å². The predicted octanol–water partition coefficient (Wildman–Crippen LogP) is 2.83. The standard InChI is InChI=1S/C16H16F3N3O/c1-10-4-3-5-11(2)15(10)21-14(23)9-22-7-12(16(17,18)19)6-13(20)8-22/h3-8H,9,20H2,1-2H3/p+1. The smallest absolute Gasteiger partial charge is 0.394 e. The van der Waals surface area contributed by atoms with Crippen molar-refractivity contribution in [3.05, 3.63) is 53.3 Å². The lowest BCUT2D eigenvalue weighted by Crippen LogP contribution is -2.41. The number of anilines is 2. The fourth-order valence-electron chi connectivity index (χ4n) is 2.26. The molecule has 0 saturated heterocycles. The molecular weight excluding hydrogens is 307 g/mol. The molecule has 4 nitrogen and oxygen atoms in total. The summed E-state index contributed by atoms with van der Waals surface area (Å²) in [5.74, 6) is -0.425. The van der Waals surface area contributed by atoms with E-state index in [1.807, 2.05) is 32.0 Å². The Balaban J connectivity index is 2.19. The van der Waals surface area contributed by atoms with Crippen molar-refractivity contribution in [1.82, 2.24) is 0 Å². The number of aryl methyl sites for hydroxylation is 2. The number of nitrogens with zero attached hydrogens (tertiary/aromatic N) is 1. The van der Waals surface area contributed by atoms with E-state index in [2.05, 4.69) is 5.32 Å². The van der Waals surface area contributed by atoms with Gasteiger partial charge in [0.2, 0.25) is 6.54 Å². The molecule has 0 bridgehead atoms. The molecule has 7 heteroatoms. The van der Waals surface area contributed by atoms with Crippen LogP contribution in [0.1, 0.15) is 16.7 Å². The van der Waals surface area contributed by atoms with Gasteiger partial charge in [-0.25, -0.2) is 0 Å². The third-order valence-electron chi connectivity index (χ3n) is 3.34. The van der Waals surface area contributed by atoms with Crippen LogP contribution in [0, 0.1) is 13.8 Å². The number of alkyl halides is 3. The Morgan fingerprint density at radius 3 is 2.39 bits per heavy atom. The normalized spacial score (nSPS) is 11.3. The van der Waals surface area contributed by atoms with E-state index in [1.54, 1.807) is 0 Å². The lowest BCUT2D eigenvalue weighted by molar-refractivity contribution is -0.684. The van der Waals surface area contributed by atoms with Crippen molar-refractivity contribution < 1.29 is 22.5 Å². The van der Waals surface area contributed by atoms with E-state index in [-0.39, 0.29) is 12.2 Å². The zero-order chi connectivity index (χ0) is 17.2. The van der Waals surface area contributed by atoms with E-state index in [0.717, 1.165) is 28.0 Å². The zero-order valence-electron chi connectivity index (χ0n) is 12.7. The molecule has 2 rings (SSSR count). The van der Waals surface area contributed by atoms with Crippen LogP contribution in [-0.2, 0) is 17.5 Å². The first-order valence-corrected chi connectivity index (χ1v) is 6.89. The second-order valence-electron chi connectivity index (χ2n) is 5.34. The summed E-state index contributed by atoms with van der Waals surface area (Å²) in [6, 6.07) is 6.39. The van der Waals surface area contributed by atoms with Crippen LogP contribution in [0.3, 0.4) is 0 Å². The number of hydrogen-bond acceptors (Lipinski definition) is 2. The second-order valence-corrected chi connectivity index (χ2v) is 5.34. The van der Waals surface area contributed by atoms with Gasteiger partial charge in [0, 0.05) is 5.69 Å². The molecule has 0 aliphatic heterocycles. The van der Waals surface area contributed by atoms with E-state index >= 15 is 0 Å². The summed E-state index contributed by atoms with van der Waals surface area (Å²) in [7, 11) is 0. The molecule has 1 aromatic heterocycles. The van der Waals surface area contributed by atoms with Gasteiger partial charge < -0.3 is 11.1 Å². The van der Waals surface area contributed by atoms with Crippen molar-refractivity contribution in [1.29, 1.82) is 0 Å². The third-order valence-corrected chi connectivity index (χ3v) is 3.34. The highest BCUT2D eigenvalue weighted by Crippen LogP contribution is 2.29. The van der Waals surface area contributed by atoms with E-state index in [0.29, 0.717) is 5.69 Å². The number of para-hydroxylation sites is 1. The van der Waals surface area contributed by atoms with E-state index < -0.39 is 17.6 Å². The first-order valence-electron chi connectivity index (χ1n) is 6.89. The van der Waals surface area contributed by atoms with Gasteiger partial charge in [-0.1, -0.05) is 18.2 Å². The Hall–Kier alpha value is -2.57. The molecule has 0 unspecified atom stereocenters. The van der Waals surface area contributed by atoms with Crippen LogP contribution in [0.25, 0.3) is 0 Å². The summed E-state index contributed by atoms with van der Waals surface area (Å²) in [6.07, 6.45) is -2.36. The molecule has 2 aromatic rings. The maximum absolute atomic E-state index is 12.8. The minimum absolute atomic E-state index is 0.0558. The molecule has 122 valence electrons. The molecule has 1 heterocycles. The van der Waals surface area contributed by atoms with E-state index in [4.69, 9.17) is 5.73 Å². The Morgan fingerprint density at radius 2 is 1.83 bits per heavy atom. The Kier molecular flexibility index (Phi) is 4.58. The molecule has 0 aliphatic rings. The maximum Gasteiger partial charge on any atom is 0.422 e. The quantitative estimate of drug-likeness (QED) is 0.853. The number of carbonyl (C=O) groups excluding carboxylic acids is 1. The largest absolute Gasteiger partial charge is 0.422 e. The number of pyridine rings is 1. The van der Waals surface area contributed by atoms with Crippen LogP contribution < -0.4 is 15.6 Å². The van der Waals surface area contributed by atoms with Gasteiger partial charge in [-0.2, -0.15) is 17.7 Å². The molecule has 23 heavy (non-hydrogen) atoms. The van der Waals surface area contributed by atoms with Crippen LogP contribution in [0.2, 0.25) is 0 Å². The number of nitrogens with two attached hydrogens (primary N) is 1. The van der Waals surface area contributed by atoms with Crippen LogP contribution in [0.15, 0.2) is 36.7 Å². The first-order chi connectivity index (χ1) is 10.7. The molecule has 3 N–H and O–H groups in total. The van der Waals surface area contributed by atoms with Crippen molar-refractivity contribution in [2.75, 3.05) is 11.1 Å². The summed E-state index contributed by atoms with van der Waals surface area (Å²) >= 11 is 0. The molecular formula is C16H17F3N3O+. The average molecular weight is 324 g/mol. The SMILES string of the molecule is Cc1cccc(C)c1NC(=O)C[n+]1cc(N)cc(C(F)(F)F)c1. The lowest BCUT2D eigenvalue weighted by atomic mass is 10.1. The minimum atomic E-state index is -4.51. The summed E-state index contributed by atoms with van der Waals surface area (Å²) in [6.45, 7) is 3.43. The molecule has 0 radical (unpaired) electrons. The Bertz CT molecular complexity index is 722. The molecule has 1 amide bonds. The molecule has 0 atom stereocenters. The maximum atomic E-state index is 12.8. The second kappa shape index (κ2) is 6.28. The minimum Gasteiger partial charge on any atom is -0.394 e. The van der Waals surface area contributed by atoms with Crippen molar-refractivity contribution in [3.63, 3.8) is 0 Å². The van der Waals surface area contributed by atoms with E-state index in [1.165, 1.54) is 6.20 Å². The first kappa shape index (κ1) is 16.8. The molecule has 0 saturated carbocycles. The number of benzene rings is 1. The average Bonchev–Trinajstić information content (AvgIpc) is 2.41. The fourth-order valence-corrected chi connectivity index (χ4v) is 2.26. The number of hydrogen-bond donors (Lipinski definition) is 2. The Labute approximate surface area is 131 Å². The van der Waals surface area contributed by atoms with Gasteiger partial charge in [-0.3, -0.25) is 4.79 Å². The fraction of sp³-hybridized carbons (Fsp3) is 0.250. The number of halogens is 3. The summed E-state index contributed by atoms with van der Waals surface area (Å²) in [5.41, 5.74) is 6.96. The van der Waals surface area contributed by atoms with Gasteiger partial charge in [0.25, 0.3) is 5.91 Å². The topological polar surface area (TPSA) is 59.0 Å². The summed E-state index contributed by atoms with van der Waals surface area (Å²) < 4.78 is 39.4. The number of aromatic nitrogens is 1. The number of amides is 1. The zero-order valence-corrected chi connectivity index (χ0v) is 12.7. The number of nitrogen functional groups attached to an aromatic ring is 1. The number of nitrogens with one attached hydrogen (secondary N) is 1. The van der Waals surface area contributed by atoms with Crippen LogP contribution in [0.5, 0.6) is 0 Å². The van der Waals surface area contributed by atoms with Crippen molar-refractivity contribution in [3.8, 4) is 0 Å². The van der Waals surface area contributed by atoms with E-state index in [9.17, 15) is 18.0 Å². The highest BCUT2D eigenvalue weighted by Gasteiger charge is 2.34. The van der Waals surface area contributed by atoms with Gasteiger partial charge >= 0.3 is 6.18 Å². The number of carbonyl (C=O) groups is 1. The molecule has 0 aliphatic carbocycles. The van der Waals surface area contributed by atoms with Gasteiger partial charge in [-0.05, 0) is 31.0 Å². The van der Waals surface area contributed by atoms with Gasteiger partial charge in [0.05, 0.1) is 5.69 Å². The van der Waals surface area contributed by atoms with Crippen LogP contribution in [0.4, 0.5) is 24.5 Å². The molecule has 0 fully saturated rings. The molecule has 1 aromatic carbocycles. The van der Waals surface area contributed by atoms with Crippen molar-refractivity contribution in [2.24, 2.45) is 0 Å². The Morgan fingerprint density at radius 1 is 1.22 bits per heavy atom. The third kappa shape index (κ3) is 4.21. The van der Waals surface area contributed by atoms with Gasteiger partial charge in [-0.15, -0.1) is 0 Å². The van der Waals surface area contributed by atoms with Gasteiger partial charge in [0.15, 0.2) is 12.4 Å². The highest BCUT2D eigenvalue weighted by atomic mass is 19.4. The predicted molar refractivity (Wildman–Crippen MR) is 80.6 cm³/mol. The summed E-state index contributed by atoms with van der Waals surface area (Å²) in [4.78, 5) is 12.1. The molecule has 0 spiro atoms. The summed E-state index contributed by atoms with van der Waals surface area (Å²) in [5, 5.41) is 2.72. The van der Waals surface area contributed by atoms with Crippen LogP contribution in [-0.4, -0.2) is 5.91 Å². The van der Waals surface area contributed by atoms with Crippen molar-refractivity contribution >= 4 is 17.3 Å².